The molecule has 0 fully saturated rings. The Kier molecular flexibility index (Phi) is 6.15. The smallest absolute Gasteiger partial charge is 0.291 e. The molecule has 2 aromatic carbocycles. The summed E-state index contributed by atoms with van der Waals surface area (Å²) in [5, 5.41) is 7.84. The number of fused-ring (bicyclic) bond motifs is 1. The summed E-state index contributed by atoms with van der Waals surface area (Å²) < 4.78 is 5.94. The topological polar surface area (TPSA) is 83.7 Å². The molecule has 7 heteroatoms. The van der Waals surface area contributed by atoms with Crippen LogP contribution in [0.15, 0.2) is 52.0 Å². The van der Waals surface area contributed by atoms with Gasteiger partial charge in [0.05, 0.1) is 5.71 Å². The third-order valence-corrected chi connectivity index (χ3v) is 6.03. The first-order valence-electron chi connectivity index (χ1n) is 10.5. The van der Waals surface area contributed by atoms with Gasteiger partial charge in [0.15, 0.2) is 5.76 Å². The first kappa shape index (κ1) is 21.8. The van der Waals surface area contributed by atoms with Crippen LogP contribution in [0.3, 0.4) is 0 Å². The zero-order valence-corrected chi connectivity index (χ0v) is 19.0. The Hall–Kier alpha value is -3.38. The second kappa shape index (κ2) is 9.01. The third kappa shape index (κ3) is 4.32. The van der Waals surface area contributed by atoms with Gasteiger partial charge in [-0.25, -0.2) is 5.43 Å². The maximum Gasteiger partial charge on any atom is 0.291 e. The maximum absolute atomic E-state index is 12.9. The highest BCUT2D eigenvalue weighted by Crippen LogP contribution is 2.31. The predicted octanol–water partition coefficient (Wildman–Crippen LogP) is 5.58. The van der Waals surface area contributed by atoms with Crippen molar-refractivity contribution in [1.82, 2.24) is 5.43 Å². The average molecular weight is 450 g/mol. The number of anilines is 1. The average Bonchev–Trinajstić information content (AvgIpc) is 3.12. The van der Waals surface area contributed by atoms with E-state index in [1.807, 2.05) is 39.0 Å². The van der Waals surface area contributed by atoms with Gasteiger partial charge in [-0.3, -0.25) is 9.59 Å². The summed E-state index contributed by atoms with van der Waals surface area (Å²) in [6.45, 7) is 5.62. The van der Waals surface area contributed by atoms with Gasteiger partial charge < -0.3 is 9.73 Å². The fourth-order valence-corrected chi connectivity index (χ4v) is 4.06. The predicted molar refractivity (Wildman–Crippen MR) is 126 cm³/mol. The molecule has 0 aliphatic heterocycles. The lowest BCUT2D eigenvalue weighted by atomic mass is 9.93. The van der Waals surface area contributed by atoms with Gasteiger partial charge >= 0.3 is 0 Å². The van der Waals surface area contributed by atoms with Gasteiger partial charge in [0, 0.05) is 33.8 Å². The Labute approximate surface area is 191 Å². The van der Waals surface area contributed by atoms with Crippen LogP contribution >= 0.6 is 11.6 Å². The van der Waals surface area contributed by atoms with Crippen molar-refractivity contribution >= 4 is 34.8 Å². The van der Waals surface area contributed by atoms with E-state index in [9.17, 15) is 9.59 Å². The Balaban J connectivity index is 1.58. The van der Waals surface area contributed by atoms with Gasteiger partial charge in [0.25, 0.3) is 11.8 Å². The summed E-state index contributed by atoms with van der Waals surface area (Å²) in [5.41, 5.74) is 7.84. The molecule has 0 atom stereocenters. The number of amides is 2. The van der Waals surface area contributed by atoms with E-state index in [1.165, 1.54) is 0 Å². The summed E-state index contributed by atoms with van der Waals surface area (Å²) >= 11 is 6.16. The van der Waals surface area contributed by atoms with Crippen LogP contribution in [0, 0.1) is 20.8 Å². The van der Waals surface area contributed by atoms with Crippen LogP contribution in [-0.4, -0.2) is 17.5 Å². The Bertz CT molecular complexity index is 1240. The van der Waals surface area contributed by atoms with E-state index in [2.05, 4.69) is 15.8 Å². The fourth-order valence-electron chi connectivity index (χ4n) is 3.89. The lowest BCUT2D eigenvalue weighted by Gasteiger charge is -2.13. The minimum Gasteiger partial charge on any atom is -0.455 e. The number of furan rings is 1. The Morgan fingerprint density at radius 1 is 1.00 bits per heavy atom. The molecular weight excluding hydrogens is 426 g/mol. The number of nitrogens with one attached hydrogen (secondary N) is 2. The van der Waals surface area contributed by atoms with E-state index in [0.29, 0.717) is 46.2 Å². The molecule has 1 heterocycles. The van der Waals surface area contributed by atoms with E-state index >= 15 is 0 Å². The van der Waals surface area contributed by atoms with E-state index in [0.717, 1.165) is 23.1 Å². The molecule has 164 valence electrons. The monoisotopic (exact) mass is 449 g/mol. The molecule has 0 unspecified atom stereocenters. The Morgan fingerprint density at radius 2 is 1.78 bits per heavy atom. The van der Waals surface area contributed by atoms with Crippen molar-refractivity contribution in [3.05, 3.63) is 86.8 Å². The van der Waals surface area contributed by atoms with Gasteiger partial charge in [-0.1, -0.05) is 35.4 Å². The molecule has 32 heavy (non-hydrogen) atoms. The molecule has 1 aliphatic rings. The molecule has 1 aromatic heterocycles. The zero-order chi connectivity index (χ0) is 22.8. The largest absolute Gasteiger partial charge is 0.455 e. The highest BCUT2D eigenvalue weighted by Gasteiger charge is 2.28. The molecule has 1 aliphatic carbocycles. The van der Waals surface area contributed by atoms with Crippen molar-refractivity contribution in [3.63, 3.8) is 0 Å². The summed E-state index contributed by atoms with van der Waals surface area (Å²) in [6, 6.07) is 12.7. The lowest BCUT2D eigenvalue weighted by Crippen LogP contribution is -2.22. The van der Waals surface area contributed by atoms with Crippen molar-refractivity contribution in [2.45, 2.75) is 40.0 Å². The number of hydrogen-bond donors (Lipinski definition) is 2. The molecular formula is C25H24ClN3O3. The summed E-state index contributed by atoms with van der Waals surface area (Å²) in [5.74, 6) is 0.341. The maximum atomic E-state index is 12.9. The molecule has 0 saturated carbocycles. The van der Waals surface area contributed by atoms with Crippen molar-refractivity contribution < 1.29 is 14.0 Å². The quantitative estimate of drug-likeness (QED) is 0.510. The molecule has 0 radical (unpaired) electrons. The standard InChI is InChI=1S/C25H24ClN3O3/c1-14-7-4-8-17(13-14)24(30)29-28-20-11-6-12-21-22(20)16(3)23(32-21)25(31)27-19-10-5-9-18(26)15(19)2/h4-5,7-10,13H,6,11-12H2,1-3H3,(H,27,31)(H,29,30)/b28-20+. The molecule has 6 nitrogen and oxygen atoms in total. The van der Waals surface area contributed by atoms with Crippen LogP contribution in [0.2, 0.25) is 5.02 Å². The van der Waals surface area contributed by atoms with Gasteiger partial charge in [0.2, 0.25) is 0 Å². The van der Waals surface area contributed by atoms with Crippen LogP contribution in [0.1, 0.15) is 61.8 Å². The number of hydrogen-bond acceptors (Lipinski definition) is 4. The van der Waals surface area contributed by atoms with Crippen molar-refractivity contribution in [3.8, 4) is 0 Å². The molecule has 2 N–H and O–H groups in total. The second-order valence-corrected chi connectivity index (χ2v) is 8.35. The number of carbonyl (C=O) groups excluding carboxylic acids is 2. The number of benzene rings is 2. The van der Waals surface area contributed by atoms with Gasteiger partial charge in [0.1, 0.15) is 5.76 Å². The Morgan fingerprint density at radius 3 is 2.56 bits per heavy atom. The normalized spacial score (nSPS) is 14.2. The summed E-state index contributed by atoms with van der Waals surface area (Å²) in [6.07, 6.45) is 2.23. The number of rotatable bonds is 4. The highest BCUT2D eigenvalue weighted by molar-refractivity contribution is 6.31. The van der Waals surface area contributed by atoms with Gasteiger partial charge in [-0.05, 0) is 63.4 Å². The first-order chi connectivity index (χ1) is 15.3. The van der Waals surface area contributed by atoms with Crippen LogP contribution in [-0.2, 0) is 6.42 Å². The zero-order valence-electron chi connectivity index (χ0n) is 18.2. The number of halogens is 1. The molecule has 2 amide bonds. The SMILES string of the molecule is Cc1cccc(C(=O)N/N=C2\CCCc3oc(C(=O)Nc4cccc(Cl)c4C)c(C)c32)c1. The third-order valence-electron chi connectivity index (χ3n) is 5.62. The number of hydrazone groups is 1. The van der Waals surface area contributed by atoms with Gasteiger partial charge in [-0.15, -0.1) is 0 Å². The first-order valence-corrected chi connectivity index (χ1v) is 10.9. The summed E-state index contributed by atoms with van der Waals surface area (Å²) in [4.78, 5) is 25.4. The summed E-state index contributed by atoms with van der Waals surface area (Å²) in [7, 11) is 0. The fraction of sp³-hybridized carbons (Fsp3) is 0.240. The molecule has 3 aromatic rings. The van der Waals surface area contributed by atoms with E-state index in [4.69, 9.17) is 16.0 Å². The van der Waals surface area contributed by atoms with Gasteiger partial charge in [-0.2, -0.15) is 5.10 Å². The van der Waals surface area contributed by atoms with Crippen molar-refractivity contribution in [1.29, 1.82) is 0 Å². The van der Waals surface area contributed by atoms with E-state index in [1.54, 1.807) is 24.3 Å². The lowest BCUT2D eigenvalue weighted by molar-refractivity contribution is 0.0953. The number of carbonyl (C=O) groups is 2. The molecule has 0 spiro atoms. The second-order valence-electron chi connectivity index (χ2n) is 7.94. The van der Waals surface area contributed by atoms with Crippen LogP contribution in [0.4, 0.5) is 5.69 Å². The van der Waals surface area contributed by atoms with Crippen LogP contribution < -0.4 is 10.7 Å². The molecule has 0 saturated heterocycles. The highest BCUT2D eigenvalue weighted by atomic mass is 35.5. The van der Waals surface area contributed by atoms with Crippen LogP contribution in [0.5, 0.6) is 0 Å². The van der Waals surface area contributed by atoms with Crippen LogP contribution in [0.25, 0.3) is 0 Å². The minimum absolute atomic E-state index is 0.244. The number of aryl methyl sites for hydroxylation is 2. The molecule has 0 bridgehead atoms. The minimum atomic E-state index is -0.342. The van der Waals surface area contributed by atoms with E-state index < -0.39 is 0 Å². The van der Waals surface area contributed by atoms with E-state index in [-0.39, 0.29) is 17.6 Å². The van der Waals surface area contributed by atoms with Crippen molar-refractivity contribution in [2.24, 2.45) is 5.10 Å². The molecule has 4 rings (SSSR count). The van der Waals surface area contributed by atoms with Crippen molar-refractivity contribution in [2.75, 3.05) is 5.32 Å². The number of nitrogens with zero attached hydrogens (tertiary/aromatic N) is 1.